The highest BCUT2D eigenvalue weighted by atomic mass is 19.4. The van der Waals surface area contributed by atoms with Gasteiger partial charge in [0.1, 0.15) is 0 Å². The summed E-state index contributed by atoms with van der Waals surface area (Å²) in [5.74, 6) is 0.403. The van der Waals surface area contributed by atoms with Gasteiger partial charge in [0.05, 0.1) is 12.7 Å². The molecule has 32 heavy (non-hydrogen) atoms. The zero-order valence-corrected chi connectivity index (χ0v) is 17.7. The summed E-state index contributed by atoms with van der Waals surface area (Å²) in [4.78, 5) is 26.5. The average Bonchev–Trinajstić information content (AvgIpc) is 3.61. The molecule has 0 atom stereocenters. The maximum Gasteiger partial charge on any atom is 0.416 e. The molecule has 172 valence electrons. The van der Waals surface area contributed by atoms with Crippen molar-refractivity contribution in [2.24, 2.45) is 0 Å². The molecule has 2 aromatic carbocycles. The Labute approximate surface area is 184 Å². The normalized spacial score (nSPS) is 13.4. The predicted molar refractivity (Wildman–Crippen MR) is 111 cm³/mol. The summed E-state index contributed by atoms with van der Waals surface area (Å²) in [6.07, 6.45) is -2.65. The molecule has 2 amide bonds. The maximum absolute atomic E-state index is 12.8. The number of nitrogens with zero attached hydrogens (tertiary/aromatic N) is 1. The number of hydrogen-bond donors (Lipinski definition) is 1. The molecule has 1 aliphatic rings. The number of amides is 2. The number of benzene rings is 2. The number of alkyl halides is 3. The summed E-state index contributed by atoms with van der Waals surface area (Å²) < 4.78 is 49.2. The van der Waals surface area contributed by atoms with E-state index in [9.17, 15) is 22.8 Å². The summed E-state index contributed by atoms with van der Waals surface area (Å²) in [6, 6.07) is 11.9. The predicted octanol–water partition coefficient (Wildman–Crippen LogP) is 3.79. The van der Waals surface area contributed by atoms with E-state index in [1.165, 1.54) is 19.2 Å². The van der Waals surface area contributed by atoms with Crippen molar-refractivity contribution in [3.63, 3.8) is 0 Å². The molecule has 0 spiro atoms. The number of rotatable bonds is 10. The fraction of sp³-hybridized carbons (Fsp3) is 0.391. The van der Waals surface area contributed by atoms with Gasteiger partial charge in [-0.2, -0.15) is 13.2 Å². The van der Waals surface area contributed by atoms with E-state index in [2.05, 4.69) is 5.32 Å². The molecule has 1 N–H and O–H groups in total. The van der Waals surface area contributed by atoms with Crippen LogP contribution in [0.1, 0.15) is 30.4 Å². The zero-order valence-electron chi connectivity index (χ0n) is 17.7. The first-order chi connectivity index (χ1) is 15.3. The van der Waals surface area contributed by atoms with Crippen LogP contribution in [0.2, 0.25) is 0 Å². The van der Waals surface area contributed by atoms with Crippen LogP contribution in [0.25, 0.3) is 0 Å². The molecule has 6 nitrogen and oxygen atoms in total. The third kappa shape index (κ3) is 6.63. The lowest BCUT2D eigenvalue weighted by atomic mass is 10.1. The Kier molecular flexibility index (Phi) is 7.61. The van der Waals surface area contributed by atoms with E-state index < -0.39 is 11.7 Å². The van der Waals surface area contributed by atoms with Crippen LogP contribution in [0.4, 0.5) is 13.2 Å². The van der Waals surface area contributed by atoms with Crippen molar-refractivity contribution >= 4 is 11.8 Å². The fourth-order valence-corrected chi connectivity index (χ4v) is 3.23. The molecule has 3 rings (SSSR count). The van der Waals surface area contributed by atoms with E-state index in [4.69, 9.17) is 9.47 Å². The Morgan fingerprint density at radius 3 is 2.47 bits per heavy atom. The lowest BCUT2D eigenvalue weighted by Crippen LogP contribution is -2.39. The number of hydrogen-bond acceptors (Lipinski definition) is 4. The van der Waals surface area contributed by atoms with Gasteiger partial charge in [0.2, 0.25) is 5.91 Å². The quantitative estimate of drug-likeness (QED) is 0.598. The molecule has 0 radical (unpaired) electrons. The lowest BCUT2D eigenvalue weighted by molar-refractivity contribution is -0.137. The van der Waals surface area contributed by atoms with Crippen LogP contribution < -0.4 is 14.8 Å². The zero-order chi connectivity index (χ0) is 23.1. The minimum Gasteiger partial charge on any atom is -0.493 e. The summed E-state index contributed by atoms with van der Waals surface area (Å²) in [6.45, 7) is 0.0208. The Hall–Kier alpha value is -3.23. The summed E-state index contributed by atoms with van der Waals surface area (Å²) >= 11 is 0. The summed E-state index contributed by atoms with van der Waals surface area (Å²) in [7, 11) is 1.51. The van der Waals surface area contributed by atoms with Crippen LogP contribution >= 0.6 is 0 Å². The molecule has 0 aromatic heterocycles. The van der Waals surface area contributed by atoms with Crippen molar-refractivity contribution < 1.29 is 32.2 Å². The van der Waals surface area contributed by atoms with Gasteiger partial charge >= 0.3 is 6.18 Å². The molecule has 1 fully saturated rings. The molecule has 0 unspecified atom stereocenters. The van der Waals surface area contributed by atoms with E-state index in [1.54, 1.807) is 29.2 Å². The van der Waals surface area contributed by atoms with E-state index >= 15 is 0 Å². The van der Waals surface area contributed by atoms with Gasteiger partial charge < -0.3 is 19.7 Å². The third-order valence-corrected chi connectivity index (χ3v) is 5.05. The second-order valence-electron chi connectivity index (χ2n) is 7.48. The third-order valence-electron chi connectivity index (χ3n) is 5.05. The molecule has 0 aliphatic heterocycles. The highest BCUT2D eigenvalue weighted by molar-refractivity contribution is 5.80. The molecular formula is C23H25F3N2O4. The highest BCUT2D eigenvalue weighted by Crippen LogP contribution is 2.30. The van der Waals surface area contributed by atoms with Gasteiger partial charge in [-0.15, -0.1) is 0 Å². The fourth-order valence-electron chi connectivity index (χ4n) is 3.23. The average molecular weight is 450 g/mol. The van der Waals surface area contributed by atoms with Crippen LogP contribution in [-0.2, 0) is 22.3 Å². The second-order valence-corrected chi connectivity index (χ2v) is 7.48. The largest absolute Gasteiger partial charge is 0.493 e. The van der Waals surface area contributed by atoms with Crippen LogP contribution in [0.5, 0.6) is 11.5 Å². The first-order valence-electron chi connectivity index (χ1n) is 10.3. The van der Waals surface area contributed by atoms with Crippen molar-refractivity contribution in [1.29, 1.82) is 0 Å². The minimum atomic E-state index is -4.43. The van der Waals surface area contributed by atoms with E-state index in [0.29, 0.717) is 17.1 Å². The van der Waals surface area contributed by atoms with Gasteiger partial charge in [-0.05, 0) is 42.7 Å². The number of para-hydroxylation sites is 2. The monoisotopic (exact) mass is 450 g/mol. The molecule has 9 heteroatoms. The van der Waals surface area contributed by atoms with Crippen LogP contribution in [0.15, 0.2) is 48.5 Å². The van der Waals surface area contributed by atoms with Gasteiger partial charge in [-0.3, -0.25) is 9.59 Å². The van der Waals surface area contributed by atoms with Crippen LogP contribution in [0, 0.1) is 0 Å². The van der Waals surface area contributed by atoms with Gasteiger partial charge in [-0.25, -0.2) is 0 Å². The van der Waals surface area contributed by atoms with Crippen molar-refractivity contribution in [1.82, 2.24) is 10.2 Å². The number of ether oxygens (including phenoxy) is 2. The summed E-state index contributed by atoms with van der Waals surface area (Å²) in [5.41, 5.74) is -0.404. The highest BCUT2D eigenvalue weighted by Gasteiger charge is 2.33. The SMILES string of the molecule is COc1ccccc1OCC(=O)N(CCC(=O)NCc1cccc(C(F)(F)F)c1)C1CC1. The Morgan fingerprint density at radius 1 is 1.09 bits per heavy atom. The number of carbonyl (C=O) groups excluding carboxylic acids is 2. The standard InChI is InChI=1S/C23H25F3N2O4/c1-31-19-7-2-3-8-20(19)32-15-22(30)28(18-9-10-18)12-11-21(29)27-14-16-5-4-6-17(13-16)23(24,25)26/h2-8,13,18H,9-12,14-15H2,1H3,(H,27,29). The van der Waals surface area contributed by atoms with Gasteiger partial charge in [-0.1, -0.05) is 24.3 Å². The second kappa shape index (κ2) is 10.4. The van der Waals surface area contributed by atoms with E-state index in [0.717, 1.165) is 25.0 Å². The van der Waals surface area contributed by atoms with E-state index in [-0.39, 0.29) is 44.0 Å². The number of halogens is 3. The van der Waals surface area contributed by atoms with Crippen molar-refractivity contribution in [2.45, 2.75) is 38.0 Å². The molecule has 0 bridgehead atoms. The van der Waals surface area contributed by atoms with Crippen LogP contribution in [0.3, 0.4) is 0 Å². The number of nitrogens with one attached hydrogen (secondary N) is 1. The smallest absolute Gasteiger partial charge is 0.416 e. The summed E-state index contributed by atoms with van der Waals surface area (Å²) in [5, 5.41) is 2.61. The Morgan fingerprint density at radius 2 is 1.81 bits per heavy atom. The first-order valence-corrected chi connectivity index (χ1v) is 10.3. The molecule has 2 aromatic rings. The van der Waals surface area contributed by atoms with Gasteiger partial charge in [0.25, 0.3) is 5.91 Å². The van der Waals surface area contributed by atoms with Crippen molar-refractivity contribution in [3.05, 3.63) is 59.7 Å². The number of methoxy groups -OCH3 is 1. The Bertz CT molecular complexity index is 945. The molecular weight excluding hydrogens is 425 g/mol. The van der Waals surface area contributed by atoms with Crippen molar-refractivity contribution in [2.75, 3.05) is 20.3 Å². The van der Waals surface area contributed by atoms with Gasteiger partial charge in [0.15, 0.2) is 18.1 Å². The lowest BCUT2D eigenvalue weighted by Gasteiger charge is -2.22. The van der Waals surface area contributed by atoms with E-state index in [1.807, 2.05) is 0 Å². The maximum atomic E-state index is 12.8. The molecule has 0 saturated heterocycles. The minimum absolute atomic E-state index is 0.0168. The first kappa shape index (κ1) is 23.4. The van der Waals surface area contributed by atoms with Crippen molar-refractivity contribution in [3.8, 4) is 11.5 Å². The number of carbonyl (C=O) groups is 2. The molecule has 1 saturated carbocycles. The van der Waals surface area contributed by atoms with Gasteiger partial charge in [0, 0.05) is 25.6 Å². The topological polar surface area (TPSA) is 67.9 Å². The Balaban J connectivity index is 1.48. The van der Waals surface area contributed by atoms with Crippen LogP contribution in [-0.4, -0.2) is 43.0 Å². The molecule has 1 aliphatic carbocycles. The molecule has 0 heterocycles.